The Bertz CT molecular complexity index is 532. The van der Waals surface area contributed by atoms with Gasteiger partial charge in [0.2, 0.25) is 5.91 Å². The maximum absolute atomic E-state index is 11.5. The van der Waals surface area contributed by atoms with E-state index in [0.29, 0.717) is 35.5 Å². The summed E-state index contributed by atoms with van der Waals surface area (Å²) < 4.78 is 0. The smallest absolute Gasteiger partial charge is 0.223 e. The summed E-state index contributed by atoms with van der Waals surface area (Å²) in [5, 5.41) is 7.46. The zero-order valence-corrected chi connectivity index (χ0v) is 14.6. The van der Waals surface area contributed by atoms with Gasteiger partial charge in [0.25, 0.3) is 0 Å². The number of amides is 1. The molecule has 22 heavy (non-hydrogen) atoms. The van der Waals surface area contributed by atoms with Crippen molar-refractivity contribution in [2.45, 2.75) is 19.9 Å². The number of halogens is 2. The van der Waals surface area contributed by atoms with Crippen molar-refractivity contribution in [2.75, 3.05) is 27.2 Å². The van der Waals surface area contributed by atoms with Crippen LogP contribution in [0.15, 0.2) is 23.2 Å². The number of hydrogen-bond acceptors (Lipinski definition) is 2. The minimum atomic E-state index is 0.0732. The SMILES string of the molecule is CCNC(=NCc1ccc(Cl)cc1Cl)NCCC(=O)N(C)C. The highest BCUT2D eigenvalue weighted by molar-refractivity contribution is 6.35. The van der Waals surface area contributed by atoms with Gasteiger partial charge in [0.05, 0.1) is 6.54 Å². The van der Waals surface area contributed by atoms with E-state index in [4.69, 9.17) is 23.2 Å². The molecule has 1 aromatic rings. The predicted molar refractivity (Wildman–Crippen MR) is 92.6 cm³/mol. The summed E-state index contributed by atoms with van der Waals surface area (Å²) in [6.45, 7) is 3.68. The minimum Gasteiger partial charge on any atom is -0.357 e. The third-order valence-corrected chi connectivity index (χ3v) is 3.48. The Morgan fingerprint density at radius 3 is 2.59 bits per heavy atom. The highest BCUT2D eigenvalue weighted by Gasteiger charge is 2.05. The van der Waals surface area contributed by atoms with Gasteiger partial charge in [0.15, 0.2) is 5.96 Å². The lowest BCUT2D eigenvalue weighted by Crippen LogP contribution is -2.39. The van der Waals surface area contributed by atoms with Crippen LogP contribution in [-0.4, -0.2) is 44.0 Å². The van der Waals surface area contributed by atoms with Gasteiger partial charge in [-0.2, -0.15) is 0 Å². The first kappa shape index (κ1) is 18.6. The Labute approximate surface area is 141 Å². The van der Waals surface area contributed by atoms with Gasteiger partial charge in [0.1, 0.15) is 0 Å². The maximum atomic E-state index is 11.5. The summed E-state index contributed by atoms with van der Waals surface area (Å²) in [5.41, 5.74) is 0.896. The molecule has 0 atom stereocenters. The lowest BCUT2D eigenvalue weighted by atomic mass is 10.2. The summed E-state index contributed by atoms with van der Waals surface area (Å²) in [7, 11) is 3.48. The number of carbonyl (C=O) groups is 1. The second kappa shape index (κ2) is 9.54. The van der Waals surface area contributed by atoms with Gasteiger partial charge < -0.3 is 15.5 Å². The molecule has 0 aliphatic heterocycles. The lowest BCUT2D eigenvalue weighted by molar-refractivity contribution is -0.128. The number of nitrogens with one attached hydrogen (secondary N) is 2. The van der Waals surface area contributed by atoms with E-state index in [1.54, 1.807) is 31.1 Å². The van der Waals surface area contributed by atoms with E-state index in [2.05, 4.69) is 15.6 Å². The second-order valence-electron chi connectivity index (χ2n) is 4.90. The fourth-order valence-electron chi connectivity index (χ4n) is 1.67. The number of carbonyl (C=O) groups excluding carboxylic acids is 1. The monoisotopic (exact) mass is 344 g/mol. The first-order valence-corrected chi connectivity index (χ1v) is 7.86. The second-order valence-corrected chi connectivity index (χ2v) is 5.74. The molecule has 2 N–H and O–H groups in total. The van der Waals surface area contributed by atoms with Crippen LogP contribution >= 0.6 is 23.2 Å². The first-order chi connectivity index (χ1) is 10.4. The van der Waals surface area contributed by atoms with Crippen molar-refractivity contribution in [1.82, 2.24) is 15.5 Å². The molecule has 0 bridgehead atoms. The Hall–Kier alpha value is -1.46. The summed E-state index contributed by atoms with van der Waals surface area (Å²) in [6, 6.07) is 5.34. The Kier molecular flexibility index (Phi) is 8.06. The van der Waals surface area contributed by atoms with Crippen LogP contribution in [0.3, 0.4) is 0 Å². The summed E-state index contributed by atoms with van der Waals surface area (Å²) in [6.07, 6.45) is 0.416. The van der Waals surface area contributed by atoms with E-state index in [1.165, 1.54) is 0 Å². The molecule has 0 heterocycles. The van der Waals surface area contributed by atoms with Gasteiger partial charge in [-0.3, -0.25) is 4.79 Å². The molecule has 0 aliphatic rings. The minimum absolute atomic E-state index is 0.0732. The van der Waals surface area contributed by atoms with Crippen LogP contribution in [-0.2, 0) is 11.3 Å². The molecule has 1 amide bonds. The van der Waals surface area contributed by atoms with Gasteiger partial charge >= 0.3 is 0 Å². The zero-order valence-electron chi connectivity index (χ0n) is 13.1. The molecule has 0 radical (unpaired) electrons. The fraction of sp³-hybridized carbons (Fsp3) is 0.467. The van der Waals surface area contributed by atoms with E-state index in [-0.39, 0.29) is 5.91 Å². The number of rotatable bonds is 6. The van der Waals surface area contributed by atoms with Crippen LogP contribution in [0.2, 0.25) is 10.0 Å². The molecule has 0 aliphatic carbocycles. The summed E-state index contributed by atoms with van der Waals surface area (Å²) in [4.78, 5) is 17.6. The molecule has 5 nitrogen and oxygen atoms in total. The van der Waals surface area contributed by atoms with E-state index >= 15 is 0 Å². The molecular formula is C15H22Cl2N4O. The van der Waals surface area contributed by atoms with Gasteiger partial charge in [-0.05, 0) is 24.6 Å². The van der Waals surface area contributed by atoms with Crippen molar-refractivity contribution in [3.63, 3.8) is 0 Å². The van der Waals surface area contributed by atoms with E-state index in [0.717, 1.165) is 12.1 Å². The molecule has 0 spiro atoms. The fourth-order valence-corrected chi connectivity index (χ4v) is 2.14. The molecule has 0 fully saturated rings. The number of nitrogens with zero attached hydrogens (tertiary/aromatic N) is 2. The van der Waals surface area contributed by atoms with E-state index in [1.807, 2.05) is 13.0 Å². The van der Waals surface area contributed by atoms with Crippen molar-refractivity contribution < 1.29 is 4.79 Å². The third-order valence-electron chi connectivity index (χ3n) is 2.90. The molecule has 1 rings (SSSR count). The van der Waals surface area contributed by atoms with Crippen molar-refractivity contribution >= 4 is 35.1 Å². The Morgan fingerprint density at radius 2 is 2.00 bits per heavy atom. The largest absolute Gasteiger partial charge is 0.357 e. The molecule has 122 valence electrons. The quantitative estimate of drug-likeness (QED) is 0.615. The van der Waals surface area contributed by atoms with Gasteiger partial charge in [-0.25, -0.2) is 4.99 Å². The molecule has 0 aromatic heterocycles. The average Bonchev–Trinajstić information content (AvgIpc) is 2.45. The number of benzene rings is 1. The summed E-state index contributed by atoms with van der Waals surface area (Å²) >= 11 is 12.0. The Balaban J connectivity index is 2.59. The number of aliphatic imine (C=N–C) groups is 1. The van der Waals surface area contributed by atoms with Gasteiger partial charge in [-0.15, -0.1) is 0 Å². The Morgan fingerprint density at radius 1 is 1.27 bits per heavy atom. The van der Waals surface area contributed by atoms with Gasteiger partial charge in [0, 0.05) is 43.7 Å². The molecule has 0 unspecified atom stereocenters. The molecule has 7 heteroatoms. The van der Waals surface area contributed by atoms with Crippen molar-refractivity contribution in [3.8, 4) is 0 Å². The van der Waals surface area contributed by atoms with Crippen LogP contribution in [0.25, 0.3) is 0 Å². The molecule has 1 aromatic carbocycles. The summed E-state index contributed by atoms with van der Waals surface area (Å²) in [5.74, 6) is 0.726. The van der Waals surface area contributed by atoms with Crippen LogP contribution in [0, 0.1) is 0 Å². The molecule has 0 saturated carbocycles. The molecule has 0 saturated heterocycles. The highest BCUT2D eigenvalue weighted by atomic mass is 35.5. The molecular weight excluding hydrogens is 323 g/mol. The number of guanidine groups is 1. The first-order valence-electron chi connectivity index (χ1n) is 7.10. The predicted octanol–water partition coefficient (Wildman–Crippen LogP) is 2.53. The van der Waals surface area contributed by atoms with Crippen molar-refractivity contribution in [2.24, 2.45) is 4.99 Å². The lowest BCUT2D eigenvalue weighted by Gasteiger charge is -2.13. The number of hydrogen-bond donors (Lipinski definition) is 2. The van der Waals surface area contributed by atoms with Crippen molar-refractivity contribution in [3.05, 3.63) is 33.8 Å². The van der Waals surface area contributed by atoms with Gasteiger partial charge in [-0.1, -0.05) is 29.3 Å². The van der Waals surface area contributed by atoms with E-state index < -0.39 is 0 Å². The third kappa shape index (κ3) is 6.54. The van der Waals surface area contributed by atoms with E-state index in [9.17, 15) is 4.79 Å². The van der Waals surface area contributed by atoms with Crippen LogP contribution in [0.4, 0.5) is 0 Å². The average molecular weight is 345 g/mol. The normalized spacial score (nSPS) is 11.2. The van der Waals surface area contributed by atoms with Crippen LogP contribution in [0.5, 0.6) is 0 Å². The van der Waals surface area contributed by atoms with Crippen LogP contribution in [0.1, 0.15) is 18.9 Å². The standard InChI is InChI=1S/C15H22Cl2N4O/c1-4-18-15(19-8-7-14(22)21(2)3)20-10-11-5-6-12(16)9-13(11)17/h5-6,9H,4,7-8,10H2,1-3H3,(H2,18,19,20). The zero-order chi connectivity index (χ0) is 16.5. The topological polar surface area (TPSA) is 56.7 Å². The maximum Gasteiger partial charge on any atom is 0.223 e. The van der Waals surface area contributed by atoms with Crippen LogP contribution < -0.4 is 10.6 Å². The van der Waals surface area contributed by atoms with Crippen molar-refractivity contribution in [1.29, 1.82) is 0 Å². The highest BCUT2D eigenvalue weighted by Crippen LogP contribution is 2.21.